The van der Waals surface area contributed by atoms with Crippen LogP contribution in [0.4, 0.5) is 0 Å². The quantitative estimate of drug-likeness (QED) is 0.544. The third-order valence-electron chi connectivity index (χ3n) is 3.03. The molecule has 1 aromatic carbocycles. The molecule has 5 heteroatoms. The number of hydrogen-bond acceptors (Lipinski definition) is 4. The van der Waals surface area contributed by atoms with Crippen LogP contribution in [0.3, 0.4) is 0 Å². The van der Waals surface area contributed by atoms with Crippen molar-refractivity contribution in [1.29, 1.82) is 0 Å². The fourth-order valence-corrected chi connectivity index (χ4v) is 2.24. The van der Waals surface area contributed by atoms with E-state index < -0.39 is 5.97 Å². The molecule has 0 aliphatic heterocycles. The molecule has 0 atom stereocenters. The van der Waals surface area contributed by atoms with Gasteiger partial charge in [0, 0.05) is 0 Å². The monoisotopic (exact) mass is 239 g/mol. The number of fused-ring (bicyclic) bond motifs is 2. The molecule has 4 nitrogen and oxygen atoms in total. The van der Waals surface area contributed by atoms with E-state index in [9.17, 15) is 9.90 Å². The minimum Gasteiger partial charge on any atom is -0.540 e. The molecule has 0 saturated carbocycles. The minimum absolute atomic E-state index is 0. The minimum atomic E-state index is -1.37. The van der Waals surface area contributed by atoms with Crippen LogP contribution in [0.1, 0.15) is 34.7 Å². The summed E-state index contributed by atoms with van der Waals surface area (Å²) < 4.78 is 5.12. The van der Waals surface area contributed by atoms with Gasteiger partial charge in [-0.25, -0.2) is 4.98 Å². The van der Waals surface area contributed by atoms with Gasteiger partial charge >= 0.3 is 29.6 Å². The summed E-state index contributed by atoms with van der Waals surface area (Å²) in [6, 6.07) is 3.84. The van der Waals surface area contributed by atoms with Crippen LogP contribution in [0.25, 0.3) is 11.1 Å². The van der Waals surface area contributed by atoms with Gasteiger partial charge in [0.25, 0.3) is 0 Å². The molecule has 1 aromatic heterocycles. The maximum atomic E-state index is 10.6. The zero-order chi connectivity index (χ0) is 11.1. The van der Waals surface area contributed by atoms with E-state index in [-0.39, 0.29) is 35.4 Å². The molecular formula is C12H10NNaO3. The van der Waals surface area contributed by atoms with E-state index in [2.05, 4.69) is 4.98 Å². The van der Waals surface area contributed by atoms with Crippen molar-refractivity contribution < 1.29 is 43.9 Å². The van der Waals surface area contributed by atoms with Crippen LogP contribution in [0, 0.1) is 0 Å². The number of carboxylic acids is 1. The van der Waals surface area contributed by atoms with Gasteiger partial charge in [0.2, 0.25) is 5.89 Å². The molecular weight excluding hydrogens is 229 g/mol. The molecule has 0 spiro atoms. The van der Waals surface area contributed by atoms with Crippen molar-refractivity contribution in [1.82, 2.24) is 4.98 Å². The van der Waals surface area contributed by atoms with Crippen molar-refractivity contribution in [3.05, 3.63) is 29.2 Å². The summed E-state index contributed by atoms with van der Waals surface area (Å²) in [6.45, 7) is 0. The number of hydrogen-bond donors (Lipinski definition) is 0. The van der Waals surface area contributed by atoms with Crippen LogP contribution in [0.2, 0.25) is 0 Å². The average molecular weight is 239 g/mol. The summed E-state index contributed by atoms with van der Waals surface area (Å²) >= 11 is 0. The van der Waals surface area contributed by atoms with Crippen LogP contribution in [-0.4, -0.2) is 11.0 Å². The van der Waals surface area contributed by atoms with Gasteiger partial charge in [-0.15, -0.1) is 0 Å². The average Bonchev–Trinajstić information content (AvgIpc) is 2.68. The van der Waals surface area contributed by atoms with Gasteiger partial charge in [-0.1, -0.05) is 0 Å². The normalized spacial score (nSPS) is 14.1. The Balaban J connectivity index is 0.00000108. The topological polar surface area (TPSA) is 66.2 Å². The van der Waals surface area contributed by atoms with Crippen molar-refractivity contribution in [2.24, 2.45) is 0 Å². The fraction of sp³-hybridized carbons (Fsp3) is 0.333. The molecule has 0 unspecified atom stereocenters. The summed E-state index contributed by atoms with van der Waals surface area (Å²) in [5, 5.41) is 10.6. The Kier molecular flexibility index (Phi) is 3.56. The Morgan fingerprint density at radius 2 is 1.88 bits per heavy atom. The molecule has 0 saturated heterocycles. The first-order valence-electron chi connectivity index (χ1n) is 5.38. The molecule has 82 valence electrons. The number of oxazole rings is 1. The van der Waals surface area contributed by atoms with Crippen molar-refractivity contribution >= 4 is 17.1 Å². The Bertz CT molecular complexity index is 533. The van der Waals surface area contributed by atoms with Gasteiger partial charge < -0.3 is 14.3 Å². The zero-order valence-corrected chi connectivity index (χ0v) is 11.7. The van der Waals surface area contributed by atoms with Crippen LogP contribution < -0.4 is 34.7 Å². The predicted molar refractivity (Wildman–Crippen MR) is 55.0 cm³/mol. The van der Waals surface area contributed by atoms with E-state index in [1.165, 1.54) is 24.0 Å². The standard InChI is InChI=1S/C12H11NO3.Na/c14-12(15)11-13-9-5-7-3-1-2-4-8(7)6-10(9)16-11;/h5-6H,1-4H2,(H,14,15);/q;+1/p-1. The molecule has 2 aromatic rings. The number of benzene rings is 1. The van der Waals surface area contributed by atoms with E-state index in [0.29, 0.717) is 11.1 Å². The van der Waals surface area contributed by atoms with E-state index >= 15 is 0 Å². The van der Waals surface area contributed by atoms with Crippen molar-refractivity contribution in [3.63, 3.8) is 0 Å². The molecule has 1 aliphatic carbocycles. The summed E-state index contributed by atoms with van der Waals surface area (Å²) in [4.78, 5) is 14.5. The fourth-order valence-electron chi connectivity index (χ4n) is 2.24. The van der Waals surface area contributed by atoms with Crippen molar-refractivity contribution in [2.45, 2.75) is 25.7 Å². The van der Waals surface area contributed by atoms with E-state index in [1.54, 1.807) is 0 Å². The second-order valence-corrected chi connectivity index (χ2v) is 4.10. The summed E-state index contributed by atoms with van der Waals surface area (Å²) in [5.41, 5.74) is 3.66. The largest absolute Gasteiger partial charge is 1.00 e. The molecule has 1 heterocycles. The molecule has 0 bridgehead atoms. The molecule has 0 fully saturated rings. The Hall–Kier alpha value is -0.840. The predicted octanol–water partition coefficient (Wildman–Crippen LogP) is -1.93. The summed E-state index contributed by atoms with van der Waals surface area (Å²) in [7, 11) is 0. The Labute approximate surface area is 120 Å². The summed E-state index contributed by atoms with van der Waals surface area (Å²) in [6.07, 6.45) is 4.44. The second kappa shape index (κ2) is 4.80. The third-order valence-corrected chi connectivity index (χ3v) is 3.03. The first-order chi connectivity index (χ1) is 7.74. The number of carbonyl (C=O) groups is 1. The first kappa shape index (κ1) is 12.6. The van der Waals surface area contributed by atoms with E-state index in [4.69, 9.17) is 4.42 Å². The molecule has 0 radical (unpaired) electrons. The number of nitrogens with zero attached hydrogens (tertiary/aromatic N) is 1. The van der Waals surface area contributed by atoms with E-state index in [0.717, 1.165) is 12.8 Å². The van der Waals surface area contributed by atoms with Gasteiger partial charge in [0.15, 0.2) is 5.58 Å². The first-order valence-corrected chi connectivity index (χ1v) is 5.38. The van der Waals surface area contributed by atoms with Gasteiger partial charge in [-0.2, -0.15) is 0 Å². The molecule has 0 N–H and O–H groups in total. The third kappa shape index (κ3) is 2.25. The second-order valence-electron chi connectivity index (χ2n) is 4.10. The molecule has 0 amide bonds. The Morgan fingerprint density at radius 1 is 1.24 bits per heavy atom. The van der Waals surface area contributed by atoms with Gasteiger partial charge in [-0.3, -0.25) is 0 Å². The number of aryl methyl sites for hydroxylation is 2. The molecule has 1 aliphatic rings. The van der Waals surface area contributed by atoms with Crippen LogP contribution in [-0.2, 0) is 12.8 Å². The molecule has 17 heavy (non-hydrogen) atoms. The van der Waals surface area contributed by atoms with Crippen LogP contribution in [0.5, 0.6) is 0 Å². The van der Waals surface area contributed by atoms with Crippen LogP contribution in [0.15, 0.2) is 16.5 Å². The van der Waals surface area contributed by atoms with Gasteiger partial charge in [0.1, 0.15) is 11.5 Å². The zero-order valence-electron chi connectivity index (χ0n) is 9.66. The van der Waals surface area contributed by atoms with Crippen molar-refractivity contribution in [2.75, 3.05) is 0 Å². The number of carbonyl (C=O) groups excluding carboxylic acids is 1. The van der Waals surface area contributed by atoms with Crippen molar-refractivity contribution in [3.8, 4) is 0 Å². The number of aromatic nitrogens is 1. The van der Waals surface area contributed by atoms with E-state index in [1.807, 2.05) is 12.1 Å². The maximum absolute atomic E-state index is 10.6. The smallest absolute Gasteiger partial charge is 0.540 e. The van der Waals surface area contributed by atoms with Crippen LogP contribution >= 0.6 is 0 Å². The number of aromatic carboxylic acids is 1. The SMILES string of the molecule is O=C([O-])c1nc2cc3c(cc2o1)CCCC3.[Na+]. The Morgan fingerprint density at radius 3 is 2.53 bits per heavy atom. The molecule has 3 rings (SSSR count). The van der Waals surface area contributed by atoms with Gasteiger partial charge in [-0.05, 0) is 48.9 Å². The van der Waals surface area contributed by atoms with Gasteiger partial charge in [0.05, 0.1) is 0 Å². The summed E-state index contributed by atoms with van der Waals surface area (Å²) in [5.74, 6) is -1.70. The number of carboxylic acid groups (broad SMARTS) is 1. The maximum Gasteiger partial charge on any atom is 1.00 e. The number of rotatable bonds is 1.